The second-order valence-corrected chi connectivity index (χ2v) is 7.01. The molecule has 1 aliphatic rings. The average Bonchev–Trinajstić information content (AvgIpc) is 2.61. The molecule has 1 saturated carbocycles. The van der Waals surface area contributed by atoms with Gasteiger partial charge in [-0.3, -0.25) is 14.9 Å². The van der Waals surface area contributed by atoms with Gasteiger partial charge in [-0.05, 0) is 37.3 Å². The van der Waals surface area contributed by atoms with Gasteiger partial charge in [0.1, 0.15) is 6.20 Å². The number of hydrogen-bond acceptors (Lipinski definition) is 7. The number of ether oxygens (including phenoxy) is 1. The maximum atomic E-state index is 12.0. The van der Waals surface area contributed by atoms with Crippen LogP contribution in [-0.4, -0.2) is 40.6 Å². The highest BCUT2D eigenvalue weighted by Gasteiger charge is 2.28. The van der Waals surface area contributed by atoms with Crippen LogP contribution in [0.5, 0.6) is 0 Å². The maximum Gasteiger partial charge on any atom is 0.329 e. The van der Waals surface area contributed by atoms with Crippen molar-refractivity contribution in [1.82, 2.24) is 9.97 Å². The summed E-state index contributed by atoms with van der Waals surface area (Å²) in [5.74, 6) is -0.195. The van der Waals surface area contributed by atoms with E-state index >= 15 is 0 Å². The molecule has 1 heterocycles. The van der Waals surface area contributed by atoms with Gasteiger partial charge in [-0.2, -0.15) is 4.98 Å². The lowest BCUT2D eigenvalue weighted by atomic mass is 9.88. The first-order valence-corrected chi connectivity index (χ1v) is 9.38. The number of rotatable bonds is 8. The lowest BCUT2D eigenvalue weighted by Crippen LogP contribution is -2.37. The molecule has 26 heavy (non-hydrogen) atoms. The Morgan fingerprint density at radius 3 is 2.77 bits per heavy atom. The van der Waals surface area contributed by atoms with Gasteiger partial charge in [-0.15, -0.1) is 0 Å². The predicted octanol–water partition coefficient (Wildman–Crippen LogP) is 3.62. The lowest BCUT2D eigenvalue weighted by Gasteiger charge is -2.31. The fourth-order valence-corrected chi connectivity index (χ4v) is 3.45. The van der Waals surface area contributed by atoms with Crippen LogP contribution in [0.4, 0.5) is 11.5 Å². The third-order valence-corrected chi connectivity index (χ3v) is 4.79. The van der Waals surface area contributed by atoms with Crippen molar-refractivity contribution in [3.63, 3.8) is 0 Å². The van der Waals surface area contributed by atoms with Gasteiger partial charge in [0.2, 0.25) is 11.1 Å². The van der Waals surface area contributed by atoms with Gasteiger partial charge in [-0.1, -0.05) is 26.2 Å². The van der Waals surface area contributed by atoms with Gasteiger partial charge >= 0.3 is 11.7 Å². The van der Waals surface area contributed by atoms with Gasteiger partial charge in [-0.25, -0.2) is 4.98 Å². The van der Waals surface area contributed by atoms with Gasteiger partial charge in [0.15, 0.2) is 0 Å². The molecule has 8 nitrogen and oxygen atoms in total. The molecule has 1 aliphatic carbocycles. The maximum absolute atomic E-state index is 12.0. The molecule has 0 N–H and O–H groups in total. The van der Waals surface area contributed by atoms with E-state index in [9.17, 15) is 14.9 Å². The zero-order valence-corrected chi connectivity index (χ0v) is 15.9. The van der Waals surface area contributed by atoms with E-state index in [0.717, 1.165) is 31.9 Å². The average molecular weight is 385 g/mol. The molecule has 1 aromatic rings. The molecule has 0 aliphatic heterocycles. The molecule has 1 atom stereocenters. The van der Waals surface area contributed by atoms with Crippen LogP contribution in [0.3, 0.4) is 0 Å². The number of anilines is 1. The first-order valence-electron chi connectivity index (χ1n) is 9.00. The van der Waals surface area contributed by atoms with Crippen molar-refractivity contribution in [2.45, 2.75) is 46.0 Å². The van der Waals surface area contributed by atoms with Crippen molar-refractivity contribution < 1.29 is 14.5 Å². The summed E-state index contributed by atoms with van der Waals surface area (Å²) in [6, 6.07) is 0. The summed E-state index contributed by atoms with van der Waals surface area (Å²) < 4.78 is 5.07. The Morgan fingerprint density at radius 1 is 1.46 bits per heavy atom. The van der Waals surface area contributed by atoms with Gasteiger partial charge in [0.05, 0.1) is 17.4 Å². The molecule has 0 saturated heterocycles. The molecule has 0 radical (unpaired) electrons. The molecule has 144 valence electrons. The van der Waals surface area contributed by atoms with E-state index in [1.807, 2.05) is 0 Å². The molecular weight excluding hydrogens is 360 g/mol. The second-order valence-electron chi connectivity index (χ2n) is 6.67. The van der Waals surface area contributed by atoms with E-state index in [-0.39, 0.29) is 29.3 Å². The monoisotopic (exact) mass is 384 g/mol. The number of nitro groups is 1. The van der Waals surface area contributed by atoms with Crippen LogP contribution in [-0.2, 0) is 9.53 Å². The summed E-state index contributed by atoms with van der Waals surface area (Å²) in [4.78, 5) is 32.6. The van der Waals surface area contributed by atoms with Crippen LogP contribution >= 0.6 is 11.6 Å². The molecule has 0 aromatic carbocycles. The number of halogens is 1. The summed E-state index contributed by atoms with van der Waals surface area (Å²) in [6.07, 6.45) is 6.77. The number of nitrogens with zero attached hydrogens (tertiary/aromatic N) is 4. The van der Waals surface area contributed by atoms with Crippen molar-refractivity contribution in [1.29, 1.82) is 0 Å². The Bertz CT molecular complexity index is 637. The second kappa shape index (κ2) is 9.66. The summed E-state index contributed by atoms with van der Waals surface area (Å²) in [5.41, 5.74) is -0.207. The van der Waals surface area contributed by atoms with E-state index in [1.165, 1.54) is 6.42 Å². The van der Waals surface area contributed by atoms with Crippen LogP contribution in [0.2, 0.25) is 5.28 Å². The smallest absolute Gasteiger partial charge is 0.329 e. The number of carbonyl (C=O) groups excluding carboxylic acids is 1. The van der Waals surface area contributed by atoms with Gasteiger partial charge in [0, 0.05) is 13.1 Å². The Morgan fingerprint density at radius 2 is 2.15 bits per heavy atom. The van der Waals surface area contributed by atoms with E-state index in [1.54, 1.807) is 18.7 Å². The minimum atomic E-state index is -0.519. The number of aromatic nitrogens is 2. The highest BCUT2D eigenvalue weighted by molar-refractivity contribution is 6.28. The molecule has 0 bridgehead atoms. The summed E-state index contributed by atoms with van der Waals surface area (Å²) in [5, 5.41) is 11.4. The third kappa shape index (κ3) is 5.52. The largest absolute Gasteiger partial charge is 0.466 e. The Balaban J connectivity index is 2.28. The Labute approximate surface area is 158 Å². The van der Waals surface area contributed by atoms with Crippen molar-refractivity contribution in [2.24, 2.45) is 11.8 Å². The van der Waals surface area contributed by atoms with Gasteiger partial charge in [0.25, 0.3) is 0 Å². The van der Waals surface area contributed by atoms with Crippen LogP contribution in [0.15, 0.2) is 6.20 Å². The standard InChI is InChI=1S/C17H25ClN4O4/c1-3-26-16(23)12(2)10-21(11-13-7-5-4-6-8-13)15-14(22(24)25)9-19-17(18)20-15/h9,12-13H,3-8,10-11H2,1-2H3. The predicted molar refractivity (Wildman–Crippen MR) is 98.3 cm³/mol. The van der Waals surface area contributed by atoms with Crippen LogP contribution in [0.1, 0.15) is 46.0 Å². The topological polar surface area (TPSA) is 98.5 Å². The van der Waals surface area contributed by atoms with Crippen molar-refractivity contribution in [2.75, 3.05) is 24.6 Å². The number of hydrogen-bond donors (Lipinski definition) is 0. The number of esters is 1. The minimum absolute atomic E-state index is 0.0527. The first kappa shape index (κ1) is 20.4. The zero-order chi connectivity index (χ0) is 19.1. The Kier molecular flexibility index (Phi) is 7.56. The highest BCUT2D eigenvalue weighted by Crippen LogP contribution is 2.31. The van der Waals surface area contributed by atoms with Gasteiger partial charge < -0.3 is 9.64 Å². The Hall–Kier alpha value is -1.96. The van der Waals surface area contributed by atoms with E-state index in [4.69, 9.17) is 16.3 Å². The molecule has 0 spiro atoms. The quantitative estimate of drug-likeness (QED) is 0.292. The fourth-order valence-electron chi connectivity index (χ4n) is 3.33. The fraction of sp³-hybridized carbons (Fsp3) is 0.706. The molecule has 1 unspecified atom stereocenters. The molecule has 0 amide bonds. The first-order chi connectivity index (χ1) is 12.4. The van der Waals surface area contributed by atoms with Crippen LogP contribution < -0.4 is 4.90 Å². The summed E-state index contributed by atoms with van der Waals surface area (Å²) in [6.45, 7) is 4.67. The van der Waals surface area contributed by atoms with Crippen LogP contribution in [0, 0.1) is 22.0 Å². The summed E-state index contributed by atoms with van der Waals surface area (Å²) in [7, 11) is 0. The molecular formula is C17H25ClN4O4. The van der Waals surface area contributed by atoms with E-state index < -0.39 is 10.8 Å². The highest BCUT2D eigenvalue weighted by atomic mass is 35.5. The zero-order valence-electron chi connectivity index (χ0n) is 15.2. The molecule has 1 fully saturated rings. The minimum Gasteiger partial charge on any atom is -0.466 e. The van der Waals surface area contributed by atoms with E-state index in [2.05, 4.69) is 9.97 Å². The summed E-state index contributed by atoms with van der Waals surface area (Å²) >= 11 is 5.89. The van der Waals surface area contributed by atoms with Crippen molar-refractivity contribution >= 4 is 29.1 Å². The van der Waals surface area contributed by atoms with Crippen molar-refractivity contribution in [3.8, 4) is 0 Å². The van der Waals surface area contributed by atoms with Crippen molar-refractivity contribution in [3.05, 3.63) is 21.6 Å². The number of carbonyl (C=O) groups is 1. The normalized spacial score (nSPS) is 16.1. The molecule has 2 rings (SSSR count). The molecule has 1 aromatic heterocycles. The van der Waals surface area contributed by atoms with Crippen LogP contribution in [0.25, 0.3) is 0 Å². The molecule has 9 heteroatoms. The lowest BCUT2D eigenvalue weighted by molar-refractivity contribution is -0.384. The third-order valence-electron chi connectivity index (χ3n) is 4.60. The van der Waals surface area contributed by atoms with E-state index in [0.29, 0.717) is 19.1 Å². The SMILES string of the molecule is CCOC(=O)C(C)CN(CC1CCCCC1)c1nc(Cl)ncc1[N+](=O)[O-].